The van der Waals surface area contributed by atoms with Crippen LogP contribution in [0.25, 0.3) is 0 Å². The van der Waals surface area contributed by atoms with E-state index in [9.17, 15) is 4.79 Å². The quantitative estimate of drug-likeness (QED) is 0.876. The number of amides is 1. The van der Waals surface area contributed by atoms with Crippen LogP contribution in [-0.4, -0.2) is 30.5 Å². The lowest BCUT2D eigenvalue weighted by Crippen LogP contribution is -2.43. The Morgan fingerprint density at radius 2 is 2.33 bits per heavy atom. The third kappa shape index (κ3) is 3.76. The lowest BCUT2D eigenvalue weighted by Gasteiger charge is -2.28. The Morgan fingerprint density at radius 1 is 1.52 bits per heavy atom. The molecule has 2 atom stereocenters. The van der Waals surface area contributed by atoms with Gasteiger partial charge in [-0.05, 0) is 37.0 Å². The van der Waals surface area contributed by atoms with Gasteiger partial charge >= 0.3 is 0 Å². The first-order chi connectivity index (χ1) is 10.2. The monoisotopic (exact) mass is 290 g/mol. The average molecular weight is 290 g/mol. The second-order valence-corrected chi connectivity index (χ2v) is 5.71. The summed E-state index contributed by atoms with van der Waals surface area (Å²) in [6.07, 6.45) is 4.88. The Labute approximate surface area is 127 Å². The third-order valence-corrected chi connectivity index (χ3v) is 4.20. The second kappa shape index (κ2) is 7.46. The number of hydrogen-bond donors (Lipinski definition) is 1. The number of unbranched alkanes of at least 4 members (excludes halogenated alkanes) is 1. The number of methoxy groups -OCH3 is 1. The molecule has 2 rings (SSSR count). The summed E-state index contributed by atoms with van der Waals surface area (Å²) >= 11 is 0. The maximum atomic E-state index is 12.6. The number of nitrogens with two attached hydrogens (primary N) is 1. The van der Waals surface area contributed by atoms with Crippen LogP contribution >= 0.6 is 0 Å². The normalized spacial score (nSPS) is 19.6. The van der Waals surface area contributed by atoms with E-state index < -0.39 is 0 Å². The van der Waals surface area contributed by atoms with Gasteiger partial charge in [-0.3, -0.25) is 4.79 Å². The van der Waals surface area contributed by atoms with Gasteiger partial charge in [0, 0.05) is 6.54 Å². The maximum absolute atomic E-state index is 12.6. The molecule has 0 saturated carbocycles. The summed E-state index contributed by atoms with van der Waals surface area (Å²) in [5, 5.41) is 0. The van der Waals surface area contributed by atoms with Gasteiger partial charge in [-0.1, -0.05) is 31.9 Å². The minimum absolute atomic E-state index is 0.0915. The number of rotatable bonds is 6. The molecule has 4 nitrogen and oxygen atoms in total. The molecule has 4 heteroatoms. The van der Waals surface area contributed by atoms with Gasteiger partial charge in [0.1, 0.15) is 5.75 Å². The molecule has 1 aromatic carbocycles. The molecular formula is C17H26N2O2. The highest BCUT2D eigenvalue weighted by atomic mass is 16.5. The lowest BCUT2D eigenvalue weighted by atomic mass is 10.0. The van der Waals surface area contributed by atoms with E-state index in [4.69, 9.17) is 10.5 Å². The third-order valence-electron chi connectivity index (χ3n) is 4.20. The molecule has 21 heavy (non-hydrogen) atoms. The standard InChI is InChI=1S/C17H26N2O2/c1-3-4-9-15(18)17(20)19-11-6-10-16(19)13-7-5-8-14(12-13)21-2/h5,7-8,12,15-16H,3-4,6,9-11,18H2,1-2H3/t15-,16?/m0/s1. The summed E-state index contributed by atoms with van der Waals surface area (Å²) in [6, 6.07) is 7.77. The molecule has 0 radical (unpaired) electrons. The zero-order valence-corrected chi connectivity index (χ0v) is 13.0. The molecule has 2 N–H and O–H groups in total. The van der Waals surface area contributed by atoms with Crippen molar-refractivity contribution in [2.24, 2.45) is 5.73 Å². The molecule has 0 spiro atoms. The van der Waals surface area contributed by atoms with Crippen LogP contribution in [0, 0.1) is 0 Å². The number of ether oxygens (including phenoxy) is 1. The van der Waals surface area contributed by atoms with Gasteiger partial charge in [-0.15, -0.1) is 0 Å². The van der Waals surface area contributed by atoms with Gasteiger partial charge in [0.05, 0.1) is 19.2 Å². The summed E-state index contributed by atoms with van der Waals surface area (Å²) in [6.45, 7) is 2.92. The van der Waals surface area contributed by atoms with Crippen LogP contribution in [-0.2, 0) is 4.79 Å². The first-order valence-electron chi connectivity index (χ1n) is 7.87. The summed E-state index contributed by atoms with van der Waals surface area (Å²) in [7, 11) is 1.66. The molecule has 0 bridgehead atoms. The Balaban J connectivity index is 2.10. The molecule has 1 aliphatic rings. The van der Waals surface area contributed by atoms with Crippen molar-refractivity contribution in [3.8, 4) is 5.75 Å². The highest BCUT2D eigenvalue weighted by Gasteiger charge is 2.32. The van der Waals surface area contributed by atoms with Crippen LogP contribution in [0.15, 0.2) is 24.3 Å². The minimum Gasteiger partial charge on any atom is -0.497 e. The number of carbonyl (C=O) groups is 1. The van der Waals surface area contributed by atoms with Gasteiger partial charge in [-0.25, -0.2) is 0 Å². The molecule has 116 valence electrons. The largest absolute Gasteiger partial charge is 0.497 e. The molecule has 1 aromatic rings. The van der Waals surface area contributed by atoms with Crippen LogP contribution in [0.4, 0.5) is 0 Å². The fraction of sp³-hybridized carbons (Fsp3) is 0.588. The lowest BCUT2D eigenvalue weighted by molar-refractivity contribution is -0.133. The molecule has 1 amide bonds. The first kappa shape index (κ1) is 15.8. The number of likely N-dealkylation sites (tertiary alicyclic amines) is 1. The van der Waals surface area contributed by atoms with Gasteiger partial charge in [-0.2, -0.15) is 0 Å². The van der Waals surface area contributed by atoms with Crippen molar-refractivity contribution < 1.29 is 9.53 Å². The number of hydrogen-bond acceptors (Lipinski definition) is 3. The molecular weight excluding hydrogens is 264 g/mol. The van der Waals surface area contributed by atoms with Crippen LogP contribution in [0.2, 0.25) is 0 Å². The average Bonchev–Trinajstić information content (AvgIpc) is 3.01. The SMILES string of the molecule is CCCC[C@H](N)C(=O)N1CCCC1c1cccc(OC)c1. The molecule has 1 unspecified atom stereocenters. The van der Waals surface area contributed by atoms with Crippen molar-refractivity contribution in [2.75, 3.05) is 13.7 Å². The van der Waals surface area contributed by atoms with E-state index in [1.165, 1.54) is 0 Å². The molecule has 1 saturated heterocycles. The molecule has 1 fully saturated rings. The Hall–Kier alpha value is -1.55. The van der Waals surface area contributed by atoms with Gasteiger partial charge in [0.15, 0.2) is 0 Å². The minimum atomic E-state index is -0.365. The van der Waals surface area contributed by atoms with E-state index in [-0.39, 0.29) is 18.0 Å². The van der Waals surface area contributed by atoms with Crippen molar-refractivity contribution in [3.63, 3.8) is 0 Å². The van der Waals surface area contributed by atoms with Crippen molar-refractivity contribution >= 4 is 5.91 Å². The van der Waals surface area contributed by atoms with Gasteiger partial charge in [0.2, 0.25) is 5.91 Å². The van der Waals surface area contributed by atoms with E-state index in [1.807, 2.05) is 23.1 Å². The van der Waals surface area contributed by atoms with E-state index in [0.717, 1.165) is 50.0 Å². The van der Waals surface area contributed by atoms with Crippen LogP contribution in [0.3, 0.4) is 0 Å². The topological polar surface area (TPSA) is 55.6 Å². The van der Waals surface area contributed by atoms with Crippen molar-refractivity contribution in [1.82, 2.24) is 4.90 Å². The Bertz CT molecular complexity index is 476. The Kier molecular flexibility index (Phi) is 5.62. The number of nitrogens with zero attached hydrogens (tertiary/aromatic N) is 1. The molecule has 1 heterocycles. The van der Waals surface area contributed by atoms with Gasteiger partial charge in [0.25, 0.3) is 0 Å². The predicted octanol–water partition coefficient (Wildman–Crippen LogP) is 2.88. The van der Waals surface area contributed by atoms with Crippen molar-refractivity contribution in [1.29, 1.82) is 0 Å². The van der Waals surface area contributed by atoms with E-state index in [1.54, 1.807) is 7.11 Å². The van der Waals surface area contributed by atoms with Gasteiger partial charge < -0.3 is 15.4 Å². The maximum Gasteiger partial charge on any atom is 0.239 e. The summed E-state index contributed by atoms with van der Waals surface area (Å²) in [5.41, 5.74) is 7.21. The highest BCUT2D eigenvalue weighted by Crippen LogP contribution is 2.33. The Morgan fingerprint density at radius 3 is 3.05 bits per heavy atom. The molecule has 0 aliphatic carbocycles. The fourth-order valence-corrected chi connectivity index (χ4v) is 2.99. The van der Waals surface area contributed by atoms with E-state index in [2.05, 4.69) is 13.0 Å². The zero-order chi connectivity index (χ0) is 15.2. The summed E-state index contributed by atoms with van der Waals surface area (Å²) in [4.78, 5) is 14.5. The predicted molar refractivity (Wildman–Crippen MR) is 84.2 cm³/mol. The molecule has 0 aromatic heterocycles. The van der Waals surface area contributed by atoms with Crippen LogP contribution < -0.4 is 10.5 Å². The van der Waals surface area contributed by atoms with Crippen LogP contribution in [0.1, 0.15) is 50.6 Å². The van der Waals surface area contributed by atoms with Crippen molar-refractivity contribution in [3.05, 3.63) is 29.8 Å². The first-order valence-corrected chi connectivity index (χ1v) is 7.87. The summed E-state index contributed by atoms with van der Waals surface area (Å²) < 4.78 is 5.28. The van der Waals surface area contributed by atoms with E-state index >= 15 is 0 Å². The smallest absolute Gasteiger partial charge is 0.239 e. The van der Waals surface area contributed by atoms with E-state index in [0.29, 0.717) is 0 Å². The second-order valence-electron chi connectivity index (χ2n) is 5.71. The number of carbonyl (C=O) groups excluding carboxylic acids is 1. The van der Waals surface area contributed by atoms with Crippen molar-refractivity contribution in [2.45, 2.75) is 51.1 Å². The fourth-order valence-electron chi connectivity index (χ4n) is 2.99. The summed E-state index contributed by atoms with van der Waals surface area (Å²) in [5.74, 6) is 0.927. The molecule has 1 aliphatic heterocycles. The zero-order valence-electron chi connectivity index (χ0n) is 13.0. The number of benzene rings is 1. The highest BCUT2D eigenvalue weighted by molar-refractivity contribution is 5.82. The van der Waals surface area contributed by atoms with Crippen LogP contribution in [0.5, 0.6) is 5.75 Å².